The molecule has 0 spiro atoms. The number of carbonyl (C=O) groups excluding carboxylic acids is 1. The van der Waals surface area contributed by atoms with Gasteiger partial charge in [0.05, 0.1) is 6.10 Å². The van der Waals surface area contributed by atoms with Gasteiger partial charge in [-0.15, -0.1) is 11.3 Å². The zero-order chi connectivity index (χ0) is 18.5. The molecule has 0 fully saturated rings. The zero-order valence-corrected chi connectivity index (χ0v) is 15.7. The summed E-state index contributed by atoms with van der Waals surface area (Å²) in [6.45, 7) is 6.10. The van der Waals surface area contributed by atoms with Gasteiger partial charge in [0.1, 0.15) is 17.4 Å². The lowest BCUT2D eigenvalue weighted by atomic mass is 10.2. The fraction of sp³-hybridized carbons (Fsp3) is 0.250. The third-order valence-corrected chi connectivity index (χ3v) is 4.38. The van der Waals surface area contributed by atoms with Gasteiger partial charge in [-0.05, 0) is 56.7 Å². The Hall–Kier alpha value is -2.73. The van der Waals surface area contributed by atoms with Crippen molar-refractivity contribution in [2.75, 3.05) is 0 Å². The number of hydrogen-bond acceptors (Lipinski definition) is 6. The summed E-state index contributed by atoms with van der Waals surface area (Å²) >= 11 is 1.41. The van der Waals surface area contributed by atoms with E-state index < -0.39 is 5.97 Å². The molecule has 0 aliphatic heterocycles. The highest BCUT2D eigenvalue weighted by molar-refractivity contribution is 7.13. The maximum absolute atomic E-state index is 12.2. The van der Waals surface area contributed by atoms with Crippen molar-refractivity contribution >= 4 is 17.3 Å². The molecule has 3 rings (SSSR count). The van der Waals surface area contributed by atoms with Crippen molar-refractivity contribution in [1.29, 1.82) is 0 Å². The number of hydrogen-bond donors (Lipinski definition) is 0. The molecule has 0 aliphatic carbocycles. The number of aromatic nitrogens is 2. The maximum atomic E-state index is 12.2. The highest BCUT2D eigenvalue weighted by Crippen LogP contribution is 2.26. The van der Waals surface area contributed by atoms with E-state index in [0.29, 0.717) is 5.69 Å². The van der Waals surface area contributed by atoms with Crippen molar-refractivity contribution < 1.29 is 14.3 Å². The van der Waals surface area contributed by atoms with Crippen LogP contribution in [-0.2, 0) is 11.3 Å². The molecular formula is C20H20N2O3S. The minimum atomic E-state index is -0.436. The molecule has 0 saturated heterocycles. The van der Waals surface area contributed by atoms with Gasteiger partial charge in [-0.2, -0.15) is 0 Å². The Morgan fingerprint density at radius 3 is 2.65 bits per heavy atom. The van der Waals surface area contributed by atoms with Gasteiger partial charge in [0.2, 0.25) is 0 Å². The number of carbonyl (C=O) groups is 1. The molecule has 0 radical (unpaired) electrons. The first kappa shape index (κ1) is 18.1. The van der Waals surface area contributed by atoms with E-state index >= 15 is 0 Å². The Kier molecular flexibility index (Phi) is 5.63. The number of benzene rings is 1. The van der Waals surface area contributed by atoms with E-state index in [1.165, 1.54) is 11.3 Å². The fourth-order valence-corrected chi connectivity index (χ4v) is 3.16. The van der Waals surface area contributed by atoms with Gasteiger partial charge in [0.25, 0.3) is 0 Å². The van der Waals surface area contributed by atoms with Crippen molar-refractivity contribution in [3.63, 3.8) is 0 Å². The van der Waals surface area contributed by atoms with Crippen LogP contribution in [0.2, 0.25) is 0 Å². The van der Waals surface area contributed by atoms with Gasteiger partial charge in [-0.3, -0.25) is 4.98 Å². The molecule has 5 nitrogen and oxygen atoms in total. The minimum absolute atomic E-state index is 0.130. The Labute approximate surface area is 156 Å². The molecule has 6 heteroatoms. The van der Waals surface area contributed by atoms with E-state index in [0.717, 1.165) is 27.4 Å². The standard InChI is InChI=1S/C20H20N2O3S/c1-13(2)25-17-6-4-16(5-7-17)19-22-18(12-26-19)20(23)24-11-15-8-14(3)9-21-10-15/h4-10,12-13H,11H2,1-3H3. The molecule has 0 amide bonds. The van der Waals surface area contributed by atoms with Gasteiger partial charge in [-0.1, -0.05) is 0 Å². The van der Waals surface area contributed by atoms with Crippen LogP contribution in [-0.4, -0.2) is 22.0 Å². The molecular weight excluding hydrogens is 348 g/mol. The number of thiazole rings is 1. The predicted octanol–water partition coefficient (Wildman–Crippen LogP) is 4.66. The third kappa shape index (κ3) is 4.67. The number of nitrogens with zero attached hydrogens (tertiary/aromatic N) is 2. The number of pyridine rings is 1. The van der Waals surface area contributed by atoms with Crippen LogP contribution in [0.4, 0.5) is 0 Å². The van der Waals surface area contributed by atoms with Crippen molar-refractivity contribution in [3.8, 4) is 16.3 Å². The first-order valence-corrected chi connectivity index (χ1v) is 9.19. The second-order valence-corrected chi connectivity index (χ2v) is 7.03. The molecule has 134 valence electrons. The van der Waals surface area contributed by atoms with Crippen molar-refractivity contribution in [3.05, 3.63) is 64.9 Å². The van der Waals surface area contributed by atoms with Crippen LogP contribution in [0.3, 0.4) is 0 Å². The lowest BCUT2D eigenvalue weighted by molar-refractivity contribution is 0.0466. The molecule has 26 heavy (non-hydrogen) atoms. The monoisotopic (exact) mass is 368 g/mol. The van der Waals surface area contributed by atoms with Crippen LogP contribution < -0.4 is 4.74 Å². The molecule has 0 unspecified atom stereocenters. The number of rotatable bonds is 6. The number of ether oxygens (including phenoxy) is 2. The summed E-state index contributed by atoms with van der Waals surface area (Å²) in [4.78, 5) is 20.7. The largest absolute Gasteiger partial charge is 0.491 e. The van der Waals surface area contributed by atoms with Gasteiger partial charge < -0.3 is 9.47 Å². The van der Waals surface area contributed by atoms with E-state index in [-0.39, 0.29) is 12.7 Å². The Morgan fingerprint density at radius 2 is 1.96 bits per heavy atom. The van der Waals surface area contributed by atoms with Crippen LogP contribution in [0.5, 0.6) is 5.75 Å². The molecule has 0 aliphatic rings. The van der Waals surface area contributed by atoms with Crippen LogP contribution in [0.15, 0.2) is 48.1 Å². The summed E-state index contributed by atoms with van der Waals surface area (Å²) in [5.74, 6) is 0.375. The van der Waals surface area contributed by atoms with Gasteiger partial charge in [-0.25, -0.2) is 9.78 Å². The van der Waals surface area contributed by atoms with Gasteiger partial charge in [0, 0.05) is 28.9 Å². The second kappa shape index (κ2) is 8.10. The summed E-state index contributed by atoms with van der Waals surface area (Å²) < 4.78 is 11.0. The lowest BCUT2D eigenvalue weighted by Gasteiger charge is -2.09. The molecule has 1 aromatic carbocycles. The third-order valence-electron chi connectivity index (χ3n) is 3.49. The van der Waals surface area contributed by atoms with Gasteiger partial charge >= 0.3 is 5.97 Å². The topological polar surface area (TPSA) is 61.3 Å². The van der Waals surface area contributed by atoms with Crippen LogP contribution in [0, 0.1) is 6.92 Å². The first-order valence-electron chi connectivity index (χ1n) is 8.31. The molecule has 0 saturated carbocycles. The number of aryl methyl sites for hydroxylation is 1. The summed E-state index contributed by atoms with van der Waals surface area (Å²) in [7, 11) is 0. The van der Waals surface area contributed by atoms with E-state index in [2.05, 4.69) is 9.97 Å². The fourth-order valence-electron chi connectivity index (χ4n) is 2.37. The highest BCUT2D eigenvalue weighted by Gasteiger charge is 2.14. The van der Waals surface area contributed by atoms with Gasteiger partial charge in [0.15, 0.2) is 5.69 Å². The minimum Gasteiger partial charge on any atom is -0.491 e. The van der Waals surface area contributed by atoms with Crippen molar-refractivity contribution in [1.82, 2.24) is 9.97 Å². The predicted molar refractivity (Wildman–Crippen MR) is 101 cm³/mol. The summed E-state index contributed by atoms with van der Waals surface area (Å²) in [6, 6.07) is 9.61. The lowest BCUT2D eigenvalue weighted by Crippen LogP contribution is -2.06. The maximum Gasteiger partial charge on any atom is 0.358 e. The normalized spacial score (nSPS) is 10.8. The molecule has 0 atom stereocenters. The Balaban J connectivity index is 1.64. The highest BCUT2D eigenvalue weighted by atomic mass is 32.1. The van der Waals surface area contributed by atoms with Crippen molar-refractivity contribution in [2.45, 2.75) is 33.5 Å². The number of esters is 1. The second-order valence-electron chi connectivity index (χ2n) is 6.18. The van der Waals surface area contributed by atoms with E-state index in [1.54, 1.807) is 17.8 Å². The van der Waals surface area contributed by atoms with Crippen LogP contribution in [0.25, 0.3) is 10.6 Å². The summed E-state index contributed by atoms with van der Waals surface area (Å²) in [5, 5.41) is 2.48. The van der Waals surface area contributed by atoms with E-state index in [4.69, 9.17) is 9.47 Å². The Bertz CT molecular complexity index is 888. The molecule has 0 N–H and O–H groups in total. The summed E-state index contributed by atoms with van der Waals surface area (Å²) in [6.07, 6.45) is 3.58. The summed E-state index contributed by atoms with van der Waals surface area (Å²) in [5.41, 5.74) is 3.13. The average Bonchev–Trinajstić information content (AvgIpc) is 3.10. The first-order chi connectivity index (χ1) is 12.5. The molecule has 2 aromatic heterocycles. The molecule has 0 bridgehead atoms. The zero-order valence-electron chi connectivity index (χ0n) is 14.9. The van der Waals surface area contributed by atoms with Crippen LogP contribution >= 0.6 is 11.3 Å². The van der Waals surface area contributed by atoms with Crippen molar-refractivity contribution in [2.24, 2.45) is 0 Å². The molecule has 3 aromatic rings. The molecule has 2 heterocycles. The SMILES string of the molecule is Cc1cncc(COC(=O)c2csc(-c3ccc(OC(C)C)cc3)n2)c1. The Morgan fingerprint density at radius 1 is 1.19 bits per heavy atom. The smallest absolute Gasteiger partial charge is 0.358 e. The van der Waals surface area contributed by atoms with E-state index in [9.17, 15) is 4.79 Å². The van der Waals surface area contributed by atoms with Crippen LogP contribution in [0.1, 0.15) is 35.5 Å². The van der Waals surface area contributed by atoms with E-state index in [1.807, 2.05) is 51.1 Å². The average molecular weight is 368 g/mol. The quantitative estimate of drug-likeness (QED) is 0.592.